The van der Waals surface area contributed by atoms with Crippen molar-refractivity contribution in [3.63, 3.8) is 0 Å². The van der Waals surface area contributed by atoms with E-state index in [0.717, 1.165) is 11.8 Å². The molecule has 0 amide bonds. The molecular formula is C19H24O4. The summed E-state index contributed by atoms with van der Waals surface area (Å²) in [4.78, 5) is 23.1. The molecule has 0 atom stereocenters. The van der Waals surface area contributed by atoms with Crippen molar-refractivity contribution in [3.8, 4) is 5.75 Å². The third-order valence-electron chi connectivity index (χ3n) is 3.85. The number of Topliss-reactive ketones (excluding diaryl/α,β-unsaturated/α-hetero) is 1. The maximum Gasteiger partial charge on any atom is 0.347 e. The quantitative estimate of drug-likeness (QED) is 0.381. The summed E-state index contributed by atoms with van der Waals surface area (Å²) in [5.41, 5.74) is -0.0724. The second-order valence-electron chi connectivity index (χ2n) is 5.82. The predicted octanol–water partition coefficient (Wildman–Crippen LogP) is 4.73. The van der Waals surface area contributed by atoms with Crippen LogP contribution in [0.3, 0.4) is 0 Å². The van der Waals surface area contributed by atoms with Gasteiger partial charge in [0.2, 0.25) is 0 Å². The molecule has 0 saturated carbocycles. The minimum absolute atomic E-state index is 0.0817. The summed E-state index contributed by atoms with van der Waals surface area (Å²) >= 11 is 0. The molecule has 0 radical (unpaired) electrons. The Balaban J connectivity index is 1.94. The summed E-state index contributed by atoms with van der Waals surface area (Å²) in [5, 5.41) is 0.724. The number of benzene rings is 1. The Kier molecular flexibility index (Phi) is 6.39. The fourth-order valence-corrected chi connectivity index (χ4v) is 2.50. The average molecular weight is 316 g/mol. The monoisotopic (exact) mass is 316 g/mol. The predicted molar refractivity (Wildman–Crippen MR) is 91.4 cm³/mol. The van der Waals surface area contributed by atoms with Crippen molar-refractivity contribution in [2.24, 2.45) is 0 Å². The number of carbonyl (C=O) groups excluding carboxylic acids is 1. The molecule has 23 heavy (non-hydrogen) atoms. The van der Waals surface area contributed by atoms with Crippen molar-refractivity contribution in [3.05, 3.63) is 40.2 Å². The van der Waals surface area contributed by atoms with Crippen molar-refractivity contribution in [1.82, 2.24) is 0 Å². The fraction of sp³-hybridized carbons (Fsp3) is 0.474. The van der Waals surface area contributed by atoms with Gasteiger partial charge in [-0.05, 0) is 31.5 Å². The number of fused-ring (bicyclic) bond motifs is 1. The third-order valence-corrected chi connectivity index (χ3v) is 3.85. The zero-order chi connectivity index (χ0) is 16.7. The molecule has 1 heterocycles. The zero-order valence-electron chi connectivity index (χ0n) is 13.9. The number of hydrogen-bond donors (Lipinski definition) is 0. The number of ether oxygens (including phenoxy) is 1. The Morgan fingerprint density at radius 1 is 1.09 bits per heavy atom. The van der Waals surface area contributed by atoms with Crippen LogP contribution in [-0.4, -0.2) is 12.4 Å². The Morgan fingerprint density at radius 2 is 1.83 bits per heavy atom. The zero-order valence-corrected chi connectivity index (χ0v) is 13.9. The Labute approximate surface area is 136 Å². The van der Waals surface area contributed by atoms with Crippen molar-refractivity contribution >= 4 is 16.8 Å². The molecule has 0 spiro atoms. The second kappa shape index (κ2) is 8.51. The first-order valence-corrected chi connectivity index (χ1v) is 8.33. The van der Waals surface area contributed by atoms with Crippen LogP contribution in [0.4, 0.5) is 0 Å². The Bertz CT molecular complexity index is 715. The lowest BCUT2D eigenvalue weighted by molar-refractivity contribution is 0.101. The highest BCUT2D eigenvalue weighted by molar-refractivity contribution is 5.96. The van der Waals surface area contributed by atoms with Gasteiger partial charge in [-0.25, -0.2) is 4.79 Å². The molecule has 124 valence electrons. The first-order chi connectivity index (χ1) is 11.1. The summed E-state index contributed by atoms with van der Waals surface area (Å²) in [7, 11) is 0. The molecule has 0 bridgehead atoms. The van der Waals surface area contributed by atoms with E-state index in [1.165, 1.54) is 39.0 Å². The van der Waals surface area contributed by atoms with E-state index in [1.807, 2.05) is 6.07 Å². The third kappa shape index (κ3) is 4.95. The molecular weight excluding hydrogens is 292 g/mol. The maximum absolute atomic E-state index is 11.7. The van der Waals surface area contributed by atoms with Crippen LogP contribution in [0, 0.1) is 0 Å². The van der Waals surface area contributed by atoms with E-state index in [9.17, 15) is 9.59 Å². The van der Waals surface area contributed by atoms with Crippen LogP contribution < -0.4 is 10.4 Å². The molecule has 4 heteroatoms. The second-order valence-corrected chi connectivity index (χ2v) is 5.82. The molecule has 0 aliphatic carbocycles. The van der Waals surface area contributed by atoms with Gasteiger partial charge in [-0.3, -0.25) is 4.79 Å². The van der Waals surface area contributed by atoms with Gasteiger partial charge in [0.05, 0.1) is 6.61 Å². The van der Waals surface area contributed by atoms with Gasteiger partial charge in [0.15, 0.2) is 5.78 Å². The van der Waals surface area contributed by atoms with Gasteiger partial charge < -0.3 is 9.15 Å². The fourth-order valence-electron chi connectivity index (χ4n) is 2.50. The molecule has 0 fully saturated rings. The largest absolute Gasteiger partial charge is 0.493 e. The van der Waals surface area contributed by atoms with E-state index >= 15 is 0 Å². The lowest BCUT2D eigenvalue weighted by atomic mass is 10.1. The van der Waals surface area contributed by atoms with Crippen molar-refractivity contribution < 1.29 is 13.9 Å². The molecule has 2 rings (SSSR count). The van der Waals surface area contributed by atoms with Crippen LogP contribution in [0.2, 0.25) is 0 Å². The highest BCUT2D eigenvalue weighted by Gasteiger charge is 2.10. The number of unbranched alkanes of at least 4 members (excludes halogenated alkanes) is 5. The first-order valence-electron chi connectivity index (χ1n) is 8.33. The molecule has 1 aromatic carbocycles. The van der Waals surface area contributed by atoms with Crippen LogP contribution in [0.15, 0.2) is 33.5 Å². The van der Waals surface area contributed by atoms with Gasteiger partial charge in [0.25, 0.3) is 0 Å². The van der Waals surface area contributed by atoms with E-state index in [4.69, 9.17) is 9.15 Å². The molecule has 4 nitrogen and oxygen atoms in total. The van der Waals surface area contributed by atoms with Gasteiger partial charge in [-0.15, -0.1) is 0 Å². The first kappa shape index (κ1) is 17.3. The number of hydrogen-bond acceptors (Lipinski definition) is 4. The molecule has 0 unspecified atom stereocenters. The molecule has 0 aliphatic rings. The molecule has 0 aliphatic heterocycles. The van der Waals surface area contributed by atoms with Gasteiger partial charge >= 0.3 is 5.63 Å². The normalized spacial score (nSPS) is 10.9. The highest BCUT2D eigenvalue weighted by atomic mass is 16.5. The van der Waals surface area contributed by atoms with Gasteiger partial charge in [0, 0.05) is 11.5 Å². The van der Waals surface area contributed by atoms with Crippen LogP contribution in [-0.2, 0) is 0 Å². The van der Waals surface area contributed by atoms with E-state index in [1.54, 1.807) is 18.2 Å². The number of carbonyl (C=O) groups is 1. The topological polar surface area (TPSA) is 56.5 Å². The lowest BCUT2D eigenvalue weighted by Crippen LogP contribution is -2.11. The minimum Gasteiger partial charge on any atom is -0.493 e. The van der Waals surface area contributed by atoms with E-state index in [-0.39, 0.29) is 11.3 Å². The summed E-state index contributed by atoms with van der Waals surface area (Å²) in [5.74, 6) is 0.397. The maximum atomic E-state index is 11.7. The van der Waals surface area contributed by atoms with Crippen molar-refractivity contribution in [1.29, 1.82) is 0 Å². The van der Waals surface area contributed by atoms with Crippen LogP contribution in [0.1, 0.15) is 62.7 Å². The summed E-state index contributed by atoms with van der Waals surface area (Å²) in [6.07, 6.45) is 7.28. The minimum atomic E-state index is -0.599. The average Bonchev–Trinajstić information content (AvgIpc) is 2.53. The summed E-state index contributed by atoms with van der Waals surface area (Å²) in [6, 6.07) is 6.92. The van der Waals surface area contributed by atoms with Gasteiger partial charge in [-0.2, -0.15) is 0 Å². The van der Waals surface area contributed by atoms with Crippen molar-refractivity contribution in [2.45, 2.75) is 52.4 Å². The number of rotatable bonds is 9. The summed E-state index contributed by atoms with van der Waals surface area (Å²) < 4.78 is 10.9. The van der Waals surface area contributed by atoms with Crippen LogP contribution in [0.25, 0.3) is 11.0 Å². The lowest BCUT2D eigenvalue weighted by Gasteiger charge is -2.07. The Morgan fingerprint density at radius 3 is 2.57 bits per heavy atom. The molecule has 1 aromatic heterocycles. The molecule has 0 N–H and O–H groups in total. The van der Waals surface area contributed by atoms with E-state index in [0.29, 0.717) is 17.9 Å². The standard InChI is InChI=1S/C19H24O4/c1-3-4-5-6-7-8-11-22-16-10-9-15-12-17(14(2)20)19(21)23-18(15)13-16/h9-10,12-13H,3-8,11H2,1-2H3. The van der Waals surface area contributed by atoms with Crippen LogP contribution in [0.5, 0.6) is 5.75 Å². The molecule has 2 aromatic rings. The molecule has 0 saturated heterocycles. The van der Waals surface area contributed by atoms with Gasteiger partial charge in [0.1, 0.15) is 16.9 Å². The highest BCUT2D eigenvalue weighted by Crippen LogP contribution is 2.21. The SMILES string of the molecule is CCCCCCCCOc1ccc2cc(C(C)=O)c(=O)oc2c1. The smallest absolute Gasteiger partial charge is 0.347 e. The van der Waals surface area contributed by atoms with Crippen molar-refractivity contribution in [2.75, 3.05) is 6.61 Å². The summed E-state index contributed by atoms with van der Waals surface area (Å²) in [6.45, 7) is 4.23. The van der Waals surface area contributed by atoms with E-state index < -0.39 is 5.63 Å². The Hall–Kier alpha value is -2.10. The van der Waals surface area contributed by atoms with Gasteiger partial charge in [-0.1, -0.05) is 39.0 Å². The number of ketones is 1. The van der Waals surface area contributed by atoms with Crippen LogP contribution >= 0.6 is 0 Å². The van der Waals surface area contributed by atoms with E-state index in [2.05, 4.69) is 6.92 Å².